The molecule has 7 rings (SSSR count). The van der Waals surface area contributed by atoms with Gasteiger partial charge in [-0.15, -0.1) is 0 Å². The third kappa shape index (κ3) is 7.84. The Balaban J connectivity index is 1.38. The van der Waals surface area contributed by atoms with Crippen molar-refractivity contribution in [2.45, 2.75) is 19.3 Å². The number of hydrogen-bond donors (Lipinski definition) is 0. The first kappa shape index (κ1) is 34.4. The van der Waals surface area contributed by atoms with Gasteiger partial charge in [0.2, 0.25) is 0 Å². The monoisotopic (exact) mass is 738 g/mol. The van der Waals surface area contributed by atoms with Crippen LogP contribution < -0.4 is 28.4 Å². The highest BCUT2D eigenvalue weighted by molar-refractivity contribution is 6.31. The van der Waals surface area contributed by atoms with Crippen molar-refractivity contribution in [2.75, 3.05) is 21.3 Å². The highest BCUT2D eigenvalue weighted by atomic mass is 35.5. The first-order chi connectivity index (χ1) is 24.8. The fourth-order valence-corrected chi connectivity index (χ4v) is 6.52. The number of hydrogen-bond acceptors (Lipinski definition) is 6. The standard InChI is InChI=1S/C42H33Cl3O6/c1-46-37-19-25-16-29-23-41(50-35-12-6-32(44)7-13-35)39(48-3)21-27(29)18-30-24-42(51-36-14-8-33(45)9-15-36)38(47-2)20-26(30)17-28(25)22-40(37)49-34-10-4-31(43)5-11-34/h4-15,19-24H,16-18H2,1-3H3. The van der Waals surface area contributed by atoms with Crippen LogP contribution in [0.25, 0.3) is 0 Å². The molecule has 51 heavy (non-hydrogen) atoms. The van der Waals surface area contributed by atoms with E-state index in [1.807, 2.05) is 36.4 Å². The molecule has 258 valence electrons. The third-order valence-corrected chi connectivity index (χ3v) is 9.48. The van der Waals surface area contributed by atoms with E-state index in [0.29, 0.717) is 86.1 Å². The first-order valence-corrected chi connectivity index (χ1v) is 17.3. The summed E-state index contributed by atoms with van der Waals surface area (Å²) < 4.78 is 36.7. The van der Waals surface area contributed by atoms with Crippen molar-refractivity contribution in [2.24, 2.45) is 0 Å². The van der Waals surface area contributed by atoms with Gasteiger partial charge < -0.3 is 28.4 Å². The minimum atomic E-state index is 0.593. The van der Waals surface area contributed by atoms with Crippen molar-refractivity contribution in [3.05, 3.63) is 158 Å². The summed E-state index contributed by atoms with van der Waals surface area (Å²) in [7, 11) is 4.93. The number of benzene rings is 6. The molecule has 0 fully saturated rings. The van der Waals surface area contributed by atoms with Gasteiger partial charge in [-0.25, -0.2) is 0 Å². The molecule has 0 N–H and O–H groups in total. The van der Waals surface area contributed by atoms with Crippen molar-refractivity contribution in [1.29, 1.82) is 0 Å². The first-order valence-electron chi connectivity index (χ1n) is 16.2. The molecule has 0 atom stereocenters. The highest BCUT2D eigenvalue weighted by Crippen LogP contribution is 2.43. The van der Waals surface area contributed by atoms with Gasteiger partial charge >= 0.3 is 0 Å². The smallest absolute Gasteiger partial charge is 0.169 e. The van der Waals surface area contributed by atoms with Crippen molar-refractivity contribution >= 4 is 34.8 Å². The molecule has 0 amide bonds. The molecule has 0 bridgehead atoms. The van der Waals surface area contributed by atoms with Crippen molar-refractivity contribution in [3.8, 4) is 51.7 Å². The van der Waals surface area contributed by atoms with E-state index in [1.165, 1.54) is 0 Å². The second-order valence-electron chi connectivity index (χ2n) is 12.0. The molecule has 6 aromatic rings. The zero-order valence-electron chi connectivity index (χ0n) is 28.1. The molecule has 0 saturated heterocycles. The minimum absolute atomic E-state index is 0.593. The predicted octanol–water partition coefficient (Wildman–Crippen LogP) is 12.1. The zero-order chi connectivity index (χ0) is 35.5. The summed E-state index contributed by atoms with van der Waals surface area (Å²) >= 11 is 18.4. The maximum absolute atomic E-state index is 6.36. The van der Waals surface area contributed by atoms with E-state index in [-0.39, 0.29) is 0 Å². The lowest BCUT2D eigenvalue weighted by Crippen LogP contribution is -2.02. The number of fused-ring (bicyclic) bond motifs is 3. The molecule has 9 heteroatoms. The van der Waals surface area contributed by atoms with E-state index < -0.39 is 0 Å². The van der Waals surface area contributed by atoms with Crippen LogP contribution in [-0.2, 0) is 19.3 Å². The van der Waals surface area contributed by atoms with Crippen LogP contribution >= 0.6 is 34.8 Å². The van der Waals surface area contributed by atoms with Gasteiger partial charge in [-0.1, -0.05) is 34.8 Å². The summed E-state index contributed by atoms with van der Waals surface area (Å²) in [5.74, 6) is 5.55. The van der Waals surface area contributed by atoms with Crippen molar-refractivity contribution in [3.63, 3.8) is 0 Å². The second-order valence-corrected chi connectivity index (χ2v) is 13.3. The second kappa shape index (κ2) is 15.1. The van der Waals surface area contributed by atoms with Gasteiger partial charge in [0.15, 0.2) is 34.5 Å². The highest BCUT2D eigenvalue weighted by Gasteiger charge is 2.23. The molecule has 6 aromatic carbocycles. The molecule has 1 aliphatic carbocycles. The summed E-state index contributed by atoms with van der Waals surface area (Å²) in [5, 5.41) is 1.88. The Morgan fingerprint density at radius 1 is 0.333 bits per heavy atom. The van der Waals surface area contributed by atoms with Crippen LogP contribution in [0.2, 0.25) is 15.1 Å². The number of methoxy groups -OCH3 is 3. The van der Waals surface area contributed by atoms with Crippen LogP contribution in [0.4, 0.5) is 0 Å². The molecule has 0 saturated carbocycles. The van der Waals surface area contributed by atoms with Gasteiger partial charge in [-0.2, -0.15) is 0 Å². The van der Waals surface area contributed by atoms with Gasteiger partial charge in [0, 0.05) is 15.1 Å². The summed E-state index contributed by atoms with van der Waals surface area (Å²) in [5.41, 5.74) is 6.43. The topological polar surface area (TPSA) is 55.4 Å². The van der Waals surface area contributed by atoms with Gasteiger partial charge in [0.05, 0.1) is 21.3 Å². The summed E-state index contributed by atoms with van der Waals surface area (Å²) in [6.07, 6.45) is 1.80. The largest absolute Gasteiger partial charge is 0.493 e. The van der Waals surface area contributed by atoms with E-state index in [4.69, 9.17) is 63.2 Å². The van der Waals surface area contributed by atoms with Crippen LogP contribution in [0.5, 0.6) is 51.7 Å². The molecule has 0 heterocycles. The fraction of sp³-hybridized carbons (Fsp3) is 0.143. The van der Waals surface area contributed by atoms with Crippen molar-refractivity contribution in [1.82, 2.24) is 0 Å². The maximum Gasteiger partial charge on any atom is 0.169 e. The van der Waals surface area contributed by atoms with Gasteiger partial charge in [-0.05, 0) is 162 Å². The Bertz CT molecular complexity index is 1930. The van der Waals surface area contributed by atoms with Crippen molar-refractivity contribution < 1.29 is 28.4 Å². The van der Waals surface area contributed by atoms with Crippen LogP contribution in [0, 0.1) is 0 Å². The SMILES string of the molecule is COc1cc2c(cc1Oc1ccc(Cl)cc1)Cc1cc(OC)c(Oc3ccc(Cl)cc3)cc1Cc1cc(OC)c(Oc3ccc(Cl)cc3)cc1C2. The lowest BCUT2D eigenvalue weighted by atomic mass is 9.94. The molecule has 0 spiro atoms. The Morgan fingerprint density at radius 2 is 0.549 bits per heavy atom. The van der Waals surface area contributed by atoms with Crippen LogP contribution in [0.15, 0.2) is 109 Å². The van der Waals surface area contributed by atoms with E-state index in [1.54, 1.807) is 57.7 Å². The molecule has 6 nitrogen and oxygen atoms in total. The summed E-state index contributed by atoms with van der Waals surface area (Å²) in [6, 6.07) is 34.1. The Labute approximate surface area is 311 Å². The van der Waals surface area contributed by atoms with Gasteiger partial charge in [-0.3, -0.25) is 0 Å². The number of halogens is 3. The Morgan fingerprint density at radius 3 is 0.765 bits per heavy atom. The maximum atomic E-state index is 6.36. The summed E-state index contributed by atoms with van der Waals surface area (Å²) in [4.78, 5) is 0. The lowest BCUT2D eigenvalue weighted by molar-refractivity contribution is 0.377. The Kier molecular flexibility index (Phi) is 10.2. The van der Waals surface area contributed by atoms with E-state index in [9.17, 15) is 0 Å². The van der Waals surface area contributed by atoms with Crippen LogP contribution in [0.3, 0.4) is 0 Å². The van der Waals surface area contributed by atoms with E-state index >= 15 is 0 Å². The number of ether oxygens (including phenoxy) is 6. The fourth-order valence-electron chi connectivity index (χ4n) is 6.14. The quantitative estimate of drug-likeness (QED) is 0.147. The molecule has 0 unspecified atom stereocenters. The minimum Gasteiger partial charge on any atom is -0.493 e. The normalized spacial score (nSPS) is 11.9. The average Bonchev–Trinajstić information content (AvgIpc) is 3.19. The molecule has 0 aliphatic heterocycles. The zero-order valence-corrected chi connectivity index (χ0v) is 30.4. The van der Waals surface area contributed by atoms with Crippen LogP contribution in [-0.4, -0.2) is 21.3 Å². The molecule has 0 aromatic heterocycles. The molecule has 1 aliphatic rings. The van der Waals surface area contributed by atoms with E-state index in [2.05, 4.69) is 36.4 Å². The van der Waals surface area contributed by atoms with Crippen LogP contribution in [0.1, 0.15) is 33.4 Å². The van der Waals surface area contributed by atoms with Gasteiger partial charge in [0.25, 0.3) is 0 Å². The number of rotatable bonds is 9. The Hall–Kier alpha value is -5.01. The lowest BCUT2D eigenvalue weighted by Gasteiger charge is -2.18. The average molecular weight is 740 g/mol. The van der Waals surface area contributed by atoms with Gasteiger partial charge in [0.1, 0.15) is 17.2 Å². The third-order valence-electron chi connectivity index (χ3n) is 8.72. The predicted molar refractivity (Wildman–Crippen MR) is 202 cm³/mol. The summed E-state index contributed by atoms with van der Waals surface area (Å²) in [6.45, 7) is 0. The van der Waals surface area contributed by atoms with E-state index in [0.717, 1.165) is 33.4 Å². The molecule has 0 radical (unpaired) electrons. The molecular weight excluding hydrogens is 707 g/mol. The molecular formula is C42H33Cl3O6.